The Labute approximate surface area is 143 Å². The molecule has 1 unspecified atom stereocenters. The SMILES string of the molecule is CCCCCC(=O)N(C)C(C)c1nc2ccccc2c(=O)n1CC. The van der Waals surface area contributed by atoms with E-state index in [9.17, 15) is 9.59 Å². The van der Waals surface area contributed by atoms with Crippen molar-refractivity contribution in [2.75, 3.05) is 7.05 Å². The van der Waals surface area contributed by atoms with Crippen LogP contribution in [0.25, 0.3) is 10.9 Å². The van der Waals surface area contributed by atoms with Crippen molar-refractivity contribution in [2.45, 2.75) is 59.0 Å². The number of nitrogens with zero attached hydrogens (tertiary/aromatic N) is 3. The van der Waals surface area contributed by atoms with E-state index in [1.807, 2.05) is 32.0 Å². The first-order valence-corrected chi connectivity index (χ1v) is 8.76. The summed E-state index contributed by atoms with van der Waals surface area (Å²) in [7, 11) is 1.79. The highest BCUT2D eigenvalue weighted by Crippen LogP contribution is 2.20. The molecular formula is C19H27N3O2. The fraction of sp³-hybridized carbons (Fsp3) is 0.526. The summed E-state index contributed by atoms with van der Waals surface area (Å²) in [6.45, 7) is 6.52. The van der Waals surface area contributed by atoms with E-state index in [4.69, 9.17) is 0 Å². The molecule has 0 aliphatic heterocycles. The highest BCUT2D eigenvalue weighted by atomic mass is 16.2. The number of hydrogen-bond donors (Lipinski definition) is 0. The van der Waals surface area contributed by atoms with Crippen molar-refractivity contribution in [1.29, 1.82) is 0 Å². The van der Waals surface area contributed by atoms with Crippen molar-refractivity contribution in [1.82, 2.24) is 14.5 Å². The van der Waals surface area contributed by atoms with Gasteiger partial charge in [0.2, 0.25) is 5.91 Å². The number of carbonyl (C=O) groups excluding carboxylic acids is 1. The van der Waals surface area contributed by atoms with E-state index in [0.717, 1.165) is 19.3 Å². The van der Waals surface area contributed by atoms with Gasteiger partial charge >= 0.3 is 0 Å². The molecule has 0 saturated heterocycles. The molecule has 0 fully saturated rings. The van der Waals surface area contributed by atoms with E-state index in [0.29, 0.717) is 29.7 Å². The van der Waals surface area contributed by atoms with Crippen molar-refractivity contribution in [2.24, 2.45) is 0 Å². The molecule has 1 atom stereocenters. The summed E-state index contributed by atoms with van der Waals surface area (Å²) in [4.78, 5) is 31.5. The van der Waals surface area contributed by atoms with Crippen LogP contribution in [0.5, 0.6) is 0 Å². The lowest BCUT2D eigenvalue weighted by Gasteiger charge is -2.26. The first-order valence-electron chi connectivity index (χ1n) is 8.76. The molecule has 1 aromatic heterocycles. The highest BCUT2D eigenvalue weighted by molar-refractivity contribution is 5.78. The number of fused-ring (bicyclic) bond motifs is 1. The Kier molecular flexibility index (Phi) is 6.12. The van der Waals surface area contributed by atoms with Gasteiger partial charge in [-0.2, -0.15) is 0 Å². The summed E-state index contributed by atoms with van der Waals surface area (Å²) >= 11 is 0. The number of benzene rings is 1. The van der Waals surface area contributed by atoms with Gasteiger partial charge in [0.05, 0.1) is 16.9 Å². The van der Waals surface area contributed by atoms with E-state index in [1.54, 1.807) is 22.6 Å². The Hall–Kier alpha value is -2.17. The molecule has 5 nitrogen and oxygen atoms in total. The van der Waals surface area contributed by atoms with Gasteiger partial charge in [-0.1, -0.05) is 31.9 Å². The van der Waals surface area contributed by atoms with E-state index in [2.05, 4.69) is 11.9 Å². The van der Waals surface area contributed by atoms with Crippen LogP contribution in [0.15, 0.2) is 29.1 Å². The molecule has 130 valence electrons. The Morgan fingerprint density at radius 1 is 1.25 bits per heavy atom. The van der Waals surface area contributed by atoms with Gasteiger partial charge in [-0.25, -0.2) is 4.98 Å². The summed E-state index contributed by atoms with van der Waals surface area (Å²) in [6.07, 6.45) is 3.59. The largest absolute Gasteiger partial charge is 0.336 e. The van der Waals surface area contributed by atoms with Crippen LogP contribution < -0.4 is 5.56 Å². The fourth-order valence-electron chi connectivity index (χ4n) is 2.90. The zero-order chi connectivity index (χ0) is 17.7. The quantitative estimate of drug-likeness (QED) is 0.730. The smallest absolute Gasteiger partial charge is 0.261 e. The summed E-state index contributed by atoms with van der Waals surface area (Å²) < 4.78 is 1.67. The Bertz CT molecular complexity index is 767. The van der Waals surface area contributed by atoms with Gasteiger partial charge in [-0.15, -0.1) is 0 Å². The predicted octanol–water partition coefficient (Wildman–Crippen LogP) is 3.52. The molecule has 0 spiro atoms. The second-order valence-electron chi connectivity index (χ2n) is 6.17. The third-order valence-electron chi connectivity index (χ3n) is 4.55. The molecular weight excluding hydrogens is 302 g/mol. The van der Waals surface area contributed by atoms with Crippen LogP contribution in [0.3, 0.4) is 0 Å². The monoisotopic (exact) mass is 329 g/mol. The molecule has 1 aromatic carbocycles. The third kappa shape index (κ3) is 3.66. The van der Waals surface area contributed by atoms with Crippen molar-refractivity contribution in [3.8, 4) is 0 Å². The second kappa shape index (κ2) is 8.08. The van der Waals surface area contributed by atoms with Crippen LogP contribution in [0.4, 0.5) is 0 Å². The van der Waals surface area contributed by atoms with Crippen molar-refractivity contribution < 1.29 is 4.79 Å². The normalized spacial score (nSPS) is 12.3. The van der Waals surface area contributed by atoms with Crippen LogP contribution in [-0.4, -0.2) is 27.4 Å². The number of aromatic nitrogens is 2. The van der Waals surface area contributed by atoms with E-state index >= 15 is 0 Å². The molecule has 0 radical (unpaired) electrons. The van der Waals surface area contributed by atoms with Gasteiger partial charge < -0.3 is 4.90 Å². The maximum absolute atomic E-state index is 12.7. The predicted molar refractivity (Wildman–Crippen MR) is 97.0 cm³/mol. The number of carbonyl (C=O) groups is 1. The summed E-state index contributed by atoms with van der Waals surface area (Å²) in [5, 5.41) is 0.618. The molecule has 1 amide bonds. The van der Waals surface area contributed by atoms with Gasteiger partial charge in [0, 0.05) is 20.0 Å². The molecule has 0 bridgehead atoms. The average molecular weight is 329 g/mol. The Morgan fingerprint density at radius 3 is 2.62 bits per heavy atom. The summed E-state index contributed by atoms with van der Waals surface area (Å²) in [5.74, 6) is 0.744. The Balaban J connectivity index is 2.36. The summed E-state index contributed by atoms with van der Waals surface area (Å²) in [5.41, 5.74) is 0.637. The molecule has 0 N–H and O–H groups in total. The molecule has 0 saturated carbocycles. The Morgan fingerprint density at radius 2 is 1.96 bits per heavy atom. The lowest BCUT2D eigenvalue weighted by atomic mass is 10.1. The average Bonchev–Trinajstić information content (AvgIpc) is 2.60. The van der Waals surface area contributed by atoms with E-state index in [-0.39, 0.29) is 17.5 Å². The zero-order valence-corrected chi connectivity index (χ0v) is 15.1. The maximum atomic E-state index is 12.7. The second-order valence-corrected chi connectivity index (χ2v) is 6.17. The molecule has 5 heteroatoms. The first kappa shape index (κ1) is 18.2. The topological polar surface area (TPSA) is 55.2 Å². The molecule has 2 rings (SSSR count). The lowest BCUT2D eigenvalue weighted by Crippen LogP contribution is -2.35. The molecule has 0 aliphatic rings. The first-order chi connectivity index (χ1) is 11.5. The van der Waals surface area contributed by atoms with Crippen LogP contribution in [-0.2, 0) is 11.3 Å². The van der Waals surface area contributed by atoms with Crippen molar-refractivity contribution >= 4 is 16.8 Å². The van der Waals surface area contributed by atoms with Gasteiger partial charge in [0.25, 0.3) is 5.56 Å². The van der Waals surface area contributed by atoms with E-state index in [1.165, 1.54) is 0 Å². The van der Waals surface area contributed by atoms with Gasteiger partial charge in [0.15, 0.2) is 0 Å². The van der Waals surface area contributed by atoms with Crippen LogP contribution in [0.2, 0.25) is 0 Å². The number of para-hydroxylation sites is 1. The zero-order valence-electron chi connectivity index (χ0n) is 15.1. The minimum absolute atomic E-state index is 0.0446. The molecule has 1 heterocycles. The number of unbranched alkanes of at least 4 members (excludes halogenated alkanes) is 2. The van der Waals surface area contributed by atoms with Gasteiger partial charge in [-0.05, 0) is 32.4 Å². The van der Waals surface area contributed by atoms with Crippen LogP contribution in [0, 0.1) is 0 Å². The maximum Gasteiger partial charge on any atom is 0.261 e. The summed E-state index contributed by atoms with van der Waals surface area (Å²) in [6, 6.07) is 7.12. The van der Waals surface area contributed by atoms with Crippen LogP contribution >= 0.6 is 0 Å². The van der Waals surface area contributed by atoms with E-state index < -0.39 is 0 Å². The lowest BCUT2D eigenvalue weighted by molar-refractivity contribution is -0.132. The standard InChI is InChI=1S/C19H27N3O2/c1-5-7-8-13-17(23)21(4)14(3)18-20-16-12-10-9-11-15(16)19(24)22(18)6-2/h9-12,14H,5-8,13H2,1-4H3. The highest BCUT2D eigenvalue weighted by Gasteiger charge is 2.22. The number of rotatable bonds is 7. The number of amides is 1. The fourth-order valence-corrected chi connectivity index (χ4v) is 2.90. The minimum Gasteiger partial charge on any atom is -0.336 e. The number of hydrogen-bond acceptors (Lipinski definition) is 3. The molecule has 0 aliphatic carbocycles. The van der Waals surface area contributed by atoms with Crippen LogP contribution in [0.1, 0.15) is 58.3 Å². The van der Waals surface area contributed by atoms with Crippen molar-refractivity contribution in [3.05, 3.63) is 40.4 Å². The molecule has 2 aromatic rings. The van der Waals surface area contributed by atoms with Gasteiger partial charge in [0.1, 0.15) is 5.82 Å². The van der Waals surface area contributed by atoms with Gasteiger partial charge in [-0.3, -0.25) is 14.2 Å². The third-order valence-corrected chi connectivity index (χ3v) is 4.55. The minimum atomic E-state index is -0.239. The molecule has 24 heavy (non-hydrogen) atoms. The van der Waals surface area contributed by atoms with Crippen molar-refractivity contribution in [3.63, 3.8) is 0 Å².